The molecule has 0 amide bonds. The Balaban J connectivity index is 3.20. The predicted molar refractivity (Wildman–Crippen MR) is 54.9 cm³/mol. The number of carbonyl (C=O) groups is 1. The second-order valence-corrected chi connectivity index (χ2v) is 3.71. The van der Waals surface area contributed by atoms with E-state index in [1.807, 2.05) is 0 Å². The van der Waals surface area contributed by atoms with Crippen molar-refractivity contribution in [2.75, 3.05) is 7.11 Å². The first-order valence-corrected chi connectivity index (χ1v) is 5.39. The minimum Gasteiger partial charge on any atom is -0.464 e. The molecule has 4 nitrogen and oxygen atoms in total. The Morgan fingerprint density at radius 2 is 2.31 bits per heavy atom. The average molecular weight is 312 g/mol. The van der Waals surface area contributed by atoms with E-state index in [9.17, 15) is 4.79 Å². The van der Waals surface area contributed by atoms with Gasteiger partial charge in [-0.3, -0.25) is 4.68 Å². The zero-order chi connectivity index (χ0) is 10.0. The van der Waals surface area contributed by atoms with E-state index in [1.165, 1.54) is 11.8 Å². The van der Waals surface area contributed by atoms with Crippen molar-refractivity contribution in [2.45, 2.75) is 5.33 Å². The molecule has 1 rings (SSSR count). The third-order valence-corrected chi connectivity index (χ3v) is 2.93. The van der Waals surface area contributed by atoms with Gasteiger partial charge in [0.15, 0.2) is 5.69 Å². The van der Waals surface area contributed by atoms with Crippen LogP contribution in [-0.4, -0.2) is 22.9 Å². The first-order valence-electron chi connectivity index (χ1n) is 3.47. The molecule has 1 aromatic rings. The highest BCUT2D eigenvalue weighted by Crippen LogP contribution is 2.23. The van der Waals surface area contributed by atoms with E-state index in [2.05, 4.69) is 41.7 Å². The Kier molecular flexibility index (Phi) is 3.49. The summed E-state index contributed by atoms with van der Waals surface area (Å²) in [4.78, 5) is 11.3. The van der Waals surface area contributed by atoms with Gasteiger partial charge in [-0.1, -0.05) is 15.9 Å². The highest BCUT2D eigenvalue weighted by Gasteiger charge is 2.19. The summed E-state index contributed by atoms with van der Waals surface area (Å²) in [5.74, 6) is -0.394. The van der Waals surface area contributed by atoms with Crippen molar-refractivity contribution in [2.24, 2.45) is 7.05 Å². The molecule has 0 bridgehead atoms. The molecule has 0 aliphatic heterocycles. The molecule has 0 radical (unpaired) electrons. The predicted octanol–water partition coefficient (Wildman–Crippen LogP) is 1.86. The highest BCUT2D eigenvalue weighted by atomic mass is 79.9. The van der Waals surface area contributed by atoms with Gasteiger partial charge < -0.3 is 4.74 Å². The molecule has 0 aliphatic carbocycles. The van der Waals surface area contributed by atoms with Crippen molar-refractivity contribution < 1.29 is 9.53 Å². The summed E-state index contributed by atoms with van der Waals surface area (Å²) in [5.41, 5.74) is 1.21. The molecular formula is C7H8Br2N2O2. The first kappa shape index (κ1) is 10.7. The minimum atomic E-state index is -0.394. The van der Waals surface area contributed by atoms with E-state index in [-0.39, 0.29) is 0 Å². The average Bonchev–Trinajstić information content (AvgIpc) is 2.40. The van der Waals surface area contributed by atoms with Crippen molar-refractivity contribution in [3.05, 3.63) is 15.9 Å². The smallest absolute Gasteiger partial charge is 0.357 e. The molecule has 0 saturated heterocycles. The van der Waals surface area contributed by atoms with Gasteiger partial charge in [0.05, 0.1) is 17.3 Å². The van der Waals surface area contributed by atoms with E-state index in [1.54, 1.807) is 7.05 Å². The molecule has 72 valence electrons. The summed E-state index contributed by atoms with van der Waals surface area (Å²) in [6.45, 7) is 0. The molecule has 0 N–H and O–H groups in total. The number of esters is 1. The second-order valence-electron chi connectivity index (χ2n) is 2.36. The number of hydrogen-bond acceptors (Lipinski definition) is 3. The van der Waals surface area contributed by atoms with Crippen molar-refractivity contribution in [3.63, 3.8) is 0 Å². The molecule has 0 spiro atoms. The van der Waals surface area contributed by atoms with Crippen LogP contribution in [0.4, 0.5) is 0 Å². The topological polar surface area (TPSA) is 44.1 Å². The van der Waals surface area contributed by atoms with Gasteiger partial charge >= 0.3 is 5.97 Å². The number of aryl methyl sites for hydroxylation is 1. The van der Waals surface area contributed by atoms with Gasteiger partial charge in [-0.05, 0) is 15.9 Å². The molecule has 6 heteroatoms. The Labute approximate surface area is 92.5 Å². The lowest BCUT2D eigenvalue weighted by Crippen LogP contribution is -2.08. The molecule has 0 atom stereocenters. The summed E-state index contributed by atoms with van der Waals surface area (Å²) in [6.07, 6.45) is 0. The number of rotatable bonds is 2. The minimum absolute atomic E-state index is 0.394. The summed E-state index contributed by atoms with van der Waals surface area (Å²) >= 11 is 6.56. The lowest BCUT2D eigenvalue weighted by atomic mass is 10.4. The van der Waals surface area contributed by atoms with Crippen LogP contribution >= 0.6 is 31.9 Å². The van der Waals surface area contributed by atoms with Gasteiger partial charge in [0, 0.05) is 12.4 Å². The maximum absolute atomic E-state index is 11.3. The van der Waals surface area contributed by atoms with Gasteiger partial charge in [-0.25, -0.2) is 4.79 Å². The molecule has 0 saturated carbocycles. The van der Waals surface area contributed by atoms with E-state index < -0.39 is 5.97 Å². The van der Waals surface area contributed by atoms with Gasteiger partial charge in [-0.15, -0.1) is 0 Å². The lowest BCUT2D eigenvalue weighted by Gasteiger charge is -1.98. The van der Waals surface area contributed by atoms with Crippen molar-refractivity contribution >= 4 is 37.8 Å². The number of ether oxygens (including phenoxy) is 1. The molecule has 13 heavy (non-hydrogen) atoms. The van der Waals surface area contributed by atoms with Crippen LogP contribution in [0, 0.1) is 0 Å². The molecule has 1 aromatic heterocycles. The van der Waals surface area contributed by atoms with Crippen LogP contribution in [0.3, 0.4) is 0 Å². The van der Waals surface area contributed by atoms with Crippen molar-refractivity contribution in [1.29, 1.82) is 0 Å². The van der Waals surface area contributed by atoms with Crippen LogP contribution in [0.25, 0.3) is 0 Å². The van der Waals surface area contributed by atoms with E-state index >= 15 is 0 Å². The monoisotopic (exact) mass is 310 g/mol. The Morgan fingerprint density at radius 3 is 2.69 bits per heavy atom. The van der Waals surface area contributed by atoms with Gasteiger partial charge in [0.25, 0.3) is 0 Å². The molecule has 0 aromatic carbocycles. The maximum atomic E-state index is 11.3. The number of hydrogen-bond donors (Lipinski definition) is 0. The number of alkyl halides is 1. The largest absolute Gasteiger partial charge is 0.464 e. The third kappa shape index (κ3) is 1.94. The normalized spacial score (nSPS) is 10.2. The summed E-state index contributed by atoms with van der Waals surface area (Å²) < 4.78 is 6.78. The number of nitrogens with zero attached hydrogens (tertiary/aromatic N) is 2. The highest BCUT2D eigenvalue weighted by molar-refractivity contribution is 9.10. The SMILES string of the molecule is COC(=O)c1c(Br)c(CBr)nn1C. The van der Waals surface area contributed by atoms with Crippen LogP contribution in [0.1, 0.15) is 16.2 Å². The Hall–Kier alpha value is -0.360. The number of aromatic nitrogens is 2. The Bertz CT molecular complexity index is 335. The van der Waals surface area contributed by atoms with E-state index in [0.717, 1.165) is 5.69 Å². The van der Waals surface area contributed by atoms with Gasteiger partial charge in [-0.2, -0.15) is 5.10 Å². The standard InChI is InChI=1S/C7H8Br2N2O2/c1-11-6(7(12)13-2)5(9)4(3-8)10-11/h3H2,1-2H3. The number of carbonyl (C=O) groups excluding carboxylic acids is 1. The molecule has 1 heterocycles. The van der Waals surface area contributed by atoms with Gasteiger partial charge in [0.2, 0.25) is 0 Å². The fourth-order valence-corrected chi connectivity index (χ4v) is 2.36. The summed E-state index contributed by atoms with van der Waals surface area (Å²) in [6, 6.07) is 0. The van der Waals surface area contributed by atoms with Crippen LogP contribution in [0.15, 0.2) is 4.47 Å². The maximum Gasteiger partial charge on any atom is 0.357 e. The number of methoxy groups -OCH3 is 1. The molecule has 0 unspecified atom stereocenters. The van der Waals surface area contributed by atoms with Crippen LogP contribution in [-0.2, 0) is 17.1 Å². The van der Waals surface area contributed by atoms with Crippen molar-refractivity contribution in [1.82, 2.24) is 9.78 Å². The third-order valence-electron chi connectivity index (χ3n) is 1.56. The van der Waals surface area contributed by atoms with Gasteiger partial charge in [0.1, 0.15) is 0 Å². The number of halogens is 2. The quantitative estimate of drug-likeness (QED) is 0.618. The zero-order valence-electron chi connectivity index (χ0n) is 7.17. The van der Waals surface area contributed by atoms with Crippen LogP contribution in [0.2, 0.25) is 0 Å². The van der Waals surface area contributed by atoms with Crippen LogP contribution < -0.4 is 0 Å². The van der Waals surface area contributed by atoms with Crippen LogP contribution in [0.5, 0.6) is 0 Å². The summed E-state index contributed by atoms with van der Waals surface area (Å²) in [5, 5.41) is 4.72. The second kappa shape index (κ2) is 4.23. The summed E-state index contributed by atoms with van der Waals surface area (Å²) in [7, 11) is 3.04. The van der Waals surface area contributed by atoms with E-state index in [0.29, 0.717) is 15.5 Å². The zero-order valence-corrected chi connectivity index (χ0v) is 10.3. The van der Waals surface area contributed by atoms with E-state index in [4.69, 9.17) is 0 Å². The molecular weight excluding hydrogens is 304 g/mol. The lowest BCUT2D eigenvalue weighted by molar-refractivity contribution is 0.0587. The molecule has 0 fully saturated rings. The first-order chi connectivity index (χ1) is 6.11. The fourth-order valence-electron chi connectivity index (χ4n) is 0.957. The molecule has 0 aliphatic rings. The Morgan fingerprint density at radius 1 is 1.69 bits per heavy atom. The van der Waals surface area contributed by atoms with Crippen molar-refractivity contribution in [3.8, 4) is 0 Å². The fraction of sp³-hybridized carbons (Fsp3) is 0.429.